The molecule has 3 aromatic heterocycles. The molecule has 37 heavy (non-hydrogen) atoms. The predicted molar refractivity (Wildman–Crippen MR) is 141 cm³/mol. The summed E-state index contributed by atoms with van der Waals surface area (Å²) >= 11 is 0. The number of hydrogen-bond donors (Lipinski definition) is 4. The molecule has 5 rings (SSSR count). The Kier molecular flexibility index (Phi) is 7.13. The molecule has 0 amide bonds. The first-order valence-corrected chi connectivity index (χ1v) is 12.0. The summed E-state index contributed by atoms with van der Waals surface area (Å²) in [6.45, 7) is 4.15. The van der Waals surface area contributed by atoms with E-state index in [0.29, 0.717) is 35.6 Å². The van der Waals surface area contributed by atoms with Crippen molar-refractivity contribution in [3.8, 4) is 11.5 Å². The van der Waals surface area contributed by atoms with E-state index in [0.717, 1.165) is 30.2 Å². The van der Waals surface area contributed by atoms with E-state index in [4.69, 9.17) is 0 Å². The van der Waals surface area contributed by atoms with Gasteiger partial charge in [0.05, 0.1) is 12.5 Å². The van der Waals surface area contributed by atoms with Gasteiger partial charge in [0.25, 0.3) is 0 Å². The van der Waals surface area contributed by atoms with Gasteiger partial charge in [0, 0.05) is 49.1 Å². The number of aliphatic carboxylic acids is 1. The first-order valence-electron chi connectivity index (χ1n) is 12.0. The van der Waals surface area contributed by atoms with Gasteiger partial charge in [-0.25, -0.2) is 19.9 Å². The van der Waals surface area contributed by atoms with Gasteiger partial charge >= 0.3 is 5.97 Å². The number of rotatable bonds is 8. The van der Waals surface area contributed by atoms with Crippen LogP contribution in [0.1, 0.15) is 12.1 Å². The van der Waals surface area contributed by atoms with Crippen LogP contribution >= 0.6 is 0 Å². The number of piperazine rings is 1. The summed E-state index contributed by atoms with van der Waals surface area (Å²) in [6, 6.07) is 17.0. The number of carbonyl (C=O) groups is 1. The Morgan fingerprint density at radius 1 is 1.00 bits per heavy atom. The Balaban J connectivity index is 1.26. The van der Waals surface area contributed by atoms with E-state index in [1.165, 1.54) is 0 Å². The lowest BCUT2D eigenvalue weighted by molar-refractivity contribution is -0.137. The largest absolute Gasteiger partial charge is 0.481 e. The van der Waals surface area contributed by atoms with Crippen molar-refractivity contribution in [3.63, 3.8) is 0 Å². The Morgan fingerprint density at radius 2 is 1.78 bits per heavy atom. The molecular formula is C26H27N9O2. The van der Waals surface area contributed by atoms with Crippen LogP contribution in [0, 0.1) is 6.92 Å². The number of nitrogens with zero attached hydrogens (tertiary/aromatic N) is 6. The summed E-state index contributed by atoms with van der Waals surface area (Å²) in [5.74, 6) is 1.32. The molecule has 4 heterocycles. The van der Waals surface area contributed by atoms with Gasteiger partial charge in [0.15, 0.2) is 5.82 Å². The van der Waals surface area contributed by atoms with Gasteiger partial charge < -0.3 is 26.0 Å². The first-order chi connectivity index (χ1) is 18.0. The number of nitrogens with one attached hydrogen (secondary N) is 3. The minimum absolute atomic E-state index is 0.0832. The zero-order valence-corrected chi connectivity index (χ0v) is 20.3. The maximum absolute atomic E-state index is 11.2. The molecule has 1 saturated heterocycles. The van der Waals surface area contributed by atoms with Crippen LogP contribution in [0.3, 0.4) is 0 Å². The number of carboxylic acids is 1. The van der Waals surface area contributed by atoms with Crippen molar-refractivity contribution in [3.05, 3.63) is 72.7 Å². The Morgan fingerprint density at radius 3 is 2.57 bits per heavy atom. The maximum atomic E-state index is 11.2. The molecule has 0 radical (unpaired) electrons. The third kappa shape index (κ3) is 6.14. The third-order valence-corrected chi connectivity index (χ3v) is 5.90. The van der Waals surface area contributed by atoms with Gasteiger partial charge in [-0.2, -0.15) is 4.98 Å². The summed E-state index contributed by atoms with van der Waals surface area (Å²) in [5.41, 5.74) is 3.40. The average molecular weight is 498 g/mol. The highest BCUT2D eigenvalue weighted by atomic mass is 16.4. The van der Waals surface area contributed by atoms with E-state index in [9.17, 15) is 9.90 Å². The van der Waals surface area contributed by atoms with Gasteiger partial charge in [-0.05, 0) is 55.5 Å². The van der Waals surface area contributed by atoms with Crippen molar-refractivity contribution in [1.29, 1.82) is 0 Å². The monoisotopic (exact) mass is 497 g/mol. The standard InChI is InChI=1S/C26H27N9O2/c1-17-3-2-4-21(30-17)25-28-11-9-22(33-25)32-23-10-12-29-26(34-23)31-18-5-7-19(8-6-18)35-14-13-27-16-20(35)15-24(36)37/h2-12,20,27H,13-16H2,1H3,(H,36,37)(H2,28,29,31,32,33,34). The van der Waals surface area contributed by atoms with Gasteiger partial charge in [-0.3, -0.25) is 4.79 Å². The molecule has 1 aromatic carbocycles. The van der Waals surface area contributed by atoms with Crippen molar-refractivity contribution in [2.45, 2.75) is 19.4 Å². The van der Waals surface area contributed by atoms with Crippen molar-refractivity contribution in [2.75, 3.05) is 35.2 Å². The first kappa shape index (κ1) is 24.1. The summed E-state index contributed by atoms with van der Waals surface area (Å²) in [5, 5.41) is 18.9. The Labute approximate surface area is 214 Å². The number of carboxylic acid groups (broad SMARTS) is 1. The molecule has 1 unspecified atom stereocenters. The summed E-state index contributed by atoms with van der Waals surface area (Å²) in [6.07, 6.45) is 3.43. The van der Waals surface area contributed by atoms with E-state index in [-0.39, 0.29) is 12.5 Å². The highest BCUT2D eigenvalue weighted by Crippen LogP contribution is 2.24. The number of benzene rings is 1. The van der Waals surface area contributed by atoms with Crippen LogP contribution in [-0.2, 0) is 4.79 Å². The number of anilines is 5. The van der Waals surface area contributed by atoms with Crippen LogP contribution in [0.5, 0.6) is 0 Å². The van der Waals surface area contributed by atoms with Crippen LogP contribution in [0.2, 0.25) is 0 Å². The van der Waals surface area contributed by atoms with Gasteiger partial charge in [0.2, 0.25) is 5.95 Å². The molecule has 4 aromatic rings. The van der Waals surface area contributed by atoms with Crippen LogP contribution in [0.4, 0.5) is 29.0 Å². The van der Waals surface area contributed by atoms with E-state index >= 15 is 0 Å². The number of pyridine rings is 1. The molecule has 1 aliphatic heterocycles. The molecule has 1 fully saturated rings. The molecule has 1 aliphatic rings. The zero-order valence-electron chi connectivity index (χ0n) is 20.3. The fraction of sp³-hybridized carbons (Fsp3) is 0.231. The molecule has 1 atom stereocenters. The van der Waals surface area contributed by atoms with Crippen molar-refractivity contribution in [2.24, 2.45) is 0 Å². The normalized spacial score (nSPS) is 15.3. The van der Waals surface area contributed by atoms with E-state index in [2.05, 4.69) is 45.8 Å². The molecule has 188 valence electrons. The highest BCUT2D eigenvalue weighted by molar-refractivity contribution is 5.69. The number of aromatic nitrogens is 5. The summed E-state index contributed by atoms with van der Waals surface area (Å²) < 4.78 is 0. The van der Waals surface area contributed by atoms with Crippen LogP contribution in [0.25, 0.3) is 11.5 Å². The summed E-state index contributed by atoms with van der Waals surface area (Å²) in [7, 11) is 0. The van der Waals surface area contributed by atoms with Crippen molar-refractivity contribution < 1.29 is 9.90 Å². The van der Waals surface area contributed by atoms with E-state index < -0.39 is 5.97 Å². The SMILES string of the molecule is Cc1cccc(-c2nccc(Nc3ccnc(Nc4ccc(N5CCNCC5CC(=O)O)cc4)n3)n2)n1. The second kappa shape index (κ2) is 11.0. The molecular weight excluding hydrogens is 470 g/mol. The molecule has 0 aliphatic carbocycles. The fourth-order valence-corrected chi connectivity index (χ4v) is 4.19. The highest BCUT2D eigenvalue weighted by Gasteiger charge is 2.24. The van der Waals surface area contributed by atoms with Crippen molar-refractivity contribution in [1.82, 2.24) is 30.2 Å². The Hall–Kier alpha value is -4.64. The second-order valence-corrected chi connectivity index (χ2v) is 8.64. The fourth-order valence-electron chi connectivity index (χ4n) is 4.19. The Bertz CT molecular complexity index is 1380. The zero-order chi connectivity index (χ0) is 25.6. The lowest BCUT2D eigenvalue weighted by atomic mass is 10.1. The maximum Gasteiger partial charge on any atom is 0.305 e. The quantitative estimate of drug-likeness (QED) is 0.285. The lowest BCUT2D eigenvalue weighted by Gasteiger charge is -2.37. The molecule has 11 heteroatoms. The molecule has 0 saturated carbocycles. The smallest absolute Gasteiger partial charge is 0.305 e. The molecule has 0 bridgehead atoms. The number of hydrogen-bond acceptors (Lipinski definition) is 10. The predicted octanol–water partition coefficient (Wildman–Crippen LogP) is 3.38. The molecule has 4 N–H and O–H groups in total. The second-order valence-electron chi connectivity index (χ2n) is 8.64. The number of aryl methyl sites for hydroxylation is 1. The molecule has 11 nitrogen and oxygen atoms in total. The average Bonchev–Trinajstić information content (AvgIpc) is 2.90. The van der Waals surface area contributed by atoms with Gasteiger partial charge in [-0.1, -0.05) is 6.07 Å². The van der Waals surface area contributed by atoms with Gasteiger partial charge in [-0.15, -0.1) is 0 Å². The van der Waals surface area contributed by atoms with Crippen LogP contribution in [0.15, 0.2) is 67.0 Å². The van der Waals surface area contributed by atoms with Crippen molar-refractivity contribution >= 4 is 34.9 Å². The van der Waals surface area contributed by atoms with Crippen LogP contribution < -0.4 is 20.9 Å². The summed E-state index contributed by atoms with van der Waals surface area (Å²) in [4.78, 5) is 35.6. The van der Waals surface area contributed by atoms with E-state index in [1.807, 2.05) is 49.4 Å². The van der Waals surface area contributed by atoms with Gasteiger partial charge in [0.1, 0.15) is 17.3 Å². The third-order valence-electron chi connectivity index (χ3n) is 5.90. The minimum Gasteiger partial charge on any atom is -0.481 e. The lowest BCUT2D eigenvalue weighted by Crippen LogP contribution is -2.52. The van der Waals surface area contributed by atoms with E-state index in [1.54, 1.807) is 24.5 Å². The molecule has 0 spiro atoms. The van der Waals surface area contributed by atoms with Crippen LogP contribution in [-0.4, -0.2) is 61.7 Å². The topological polar surface area (TPSA) is 141 Å². The minimum atomic E-state index is -0.798.